The van der Waals surface area contributed by atoms with Gasteiger partial charge in [-0.2, -0.15) is 13.2 Å². The number of alkyl halides is 3. The van der Waals surface area contributed by atoms with Crippen molar-refractivity contribution in [3.63, 3.8) is 0 Å². The van der Waals surface area contributed by atoms with Crippen LogP contribution in [0.25, 0.3) is 0 Å². The molecule has 0 amide bonds. The van der Waals surface area contributed by atoms with Gasteiger partial charge in [0.25, 0.3) is 0 Å². The maximum Gasteiger partial charge on any atom is 0.389 e. The Balaban J connectivity index is 2.31. The highest BCUT2D eigenvalue weighted by atomic mass is 35.5. The summed E-state index contributed by atoms with van der Waals surface area (Å²) in [5.74, 6) is 0.659. The second-order valence-corrected chi connectivity index (χ2v) is 6.41. The number of unbranched alkanes of at least 4 members (excludes halogenated alkanes) is 1. The molecule has 1 rings (SSSR count). The van der Waals surface area contributed by atoms with Crippen molar-refractivity contribution < 1.29 is 13.2 Å². The second-order valence-electron chi connectivity index (χ2n) is 4.61. The van der Waals surface area contributed by atoms with Crippen LogP contribution in [-0.4, -0.2) is 37.7 Å². The molecule has 0 aliphatic carbocycles. The van der Waals surface area contributed by atoms with Gasteiger partial charge in [-0.3, -0.25) is 4.99 Å². The van der Waals surface area contributed by atoms with Crippen LogP contribution in [0.1, 0.15) is 24.1 Å². The SMILES string of the molecule is CN=C(NCCCCC(F)(F)F)N(C)Cc1ccc(Cl)s1. The molecule has 1 heterocycles. The van der Waals surface area contributed by atoms with Crippen LogP contribution in [0.15, 0.2) is 17.1 Å². The summed E-state index contributed by atoms with van der Waals surface area (Å²) in [5.41, 5.74) is 0. The minimum absolute atomic E-state index is 0.123. The number of nitrogens with zero attached hydrogens (tertiary/aromatic N) is 2. The summed E-state index contributed by atoms with van der Waals surface area (Å²) < 4.78 is 36.8. The van der Waals surface area contributed by atoms with E-state index >= 15 is 0 Å². The molecule has 3 nitrogen and oxygen atoms in total. The van der Waals surface area contributed by atoms with Gasteiger partial charge in [0.05, 0.1) is 10.9 Å². The van der Waals surface area contributed by atoms with Gasteiger partial charge >= 0.3 is 6.18 Å². The fourth-order valence-corrected chi connectivity index (χ4v) is 2.92. The van der Waals surface area contributed by atoms with Crippen LogP contribution in [0.4, 0.5) is 13.2 Å². The summed E-state index contributed by atoms with van der Waals surface area (Å²) in [4.78, 5) is 7.13. The fourth-order valence-electron chi connectivity index (χ4n) is 1.78. The van der Waals surface area contributed by atoms with E-state index in [2.05, 4.69) is 10.3 Å². The first-order chi connectivity index (χ1) is 9.81. The standard InChI is InChI=1S/C13H19ClF3N3S/c1-18-12(19-8-4-3-7-13(15,16)17)20(2)9-10-5-6-11(14)21-10/h5-6H,3-4,7-9H2,1-2H3,(H,18,19). The second kappa shape index (κ2) is 8.48. The maximum atomic E-state index is 12.0. The molecule has 0 radical (unpaired) electrons. The molecule has 8 heteroatoms. The van der Waals surface area contributed by atoms with Gasteiger partial charge in [-0.1, -0.05) is 11.6 Å². The zero-order chi connectivity index (χ0) is 15.9. The Bertz CT molecular complexity index is 460. The zero-order valence-electron chi connectivity index (χ0n) is 12.0. The van der Waals surface area contributed by atoms with E-state index in [0.717, 1.165) is 9.21 Å². The first-order valence-electron chi connectivity index (χ1n) is 6.54. The molecule has 0 saturated carbocycles. The number of thiophene rings is 1. The van der Waals surface area contributed by atoms with Crippen LogP contribution < -0.4 is 5.32 Å². The highest BCUT2D eigenvalue weighted by Crippen LogP contribution is 2.23. The molecule has 1 aromatic heterocycles. The Labute approximate surface area is 131 Å². The Hall–Kier alpha value is -0.950. The Morgan fingerprint density at radius 2 is 2.10 bits per heavy atom. The van der Waals surface area contributed by atoms with E-state index in [0.29, 0.717) is 25.5 Å². The predicted molar refractivity (Wildman–Crippen MR) is 82.1 cm³/mol. The molecule has 0 spiro atoms. The fraction of sp³-hybridized carbons (Fsp3) is 0.615. The van der Waals surface area contributed by atoms with Crippen molar-refractivity contribution in [2.45, 2.75) is 32.0 Å². The van der Waals surface area contributed by atoms with Gasteiger partial charge in [0.2, 0.25) is 0 Å². The summed E-state index contributed by atoms with van der Waals surface area (Å²) in [5, 5.41) is 3.06. The van der Waals surface area contributed by atoms with Gasteiger partial charge in [0.1, 0.15) is 0 Å². The summed E-state index contributed by atoms with van der Waals surface area (Å²) >= 11 is 7.37. The number of aliphatic imine (C=N–C) groups is 1. The van der Waals surface area contributed by atoms with Crippen molar-refractivity contribution >= 4 is 28.9 Å². The van der Waals surface area contributed by atoms with Crippen LogP contribution in [0.5, 0.6) is 0 Å². The first kappa shape index (κ1) is 18.1. The van der Waals surface area contributed by atoms with E-state index in [1.54, 1.807) is 7.05 Å². The lowest BCUT2D eigenvalue weighted by molar-refractivity contribution is -0.135. The number of rotatable bonds is 6. The van der Waals surface area contributed by atoms with Gasteiger partial charge in [0, 0.05) is 31.9 Å². The molecule has 0 bridgehead atoms. The van der Waals surface area contributed by atoms with Gasteiger partial charge in [-0.05, 0) is 25.0 Å². The third-order valence-corrected chi connectivity index (χ3v) is 3.98. The maximum absolute atomic E-state index is 12.0. The predicted octanol–water partition coefficient (Wildman–Crippen LogP) is 4.14. The molecule has 0 fully saturated rings. The zero-order valence-corrected chi connectivity index (χ0v) is 13.6. The number of nitrogens with one attached hydrogen (secondary N) is 1. The van der Waals surface area contributed by atoms with Gasteiger partial charge in [-0.15, -0.1) is 11.3 Å². The van der Waals surface area contributed by atoms with E-state index in [4.69, 9.17) is 11.6 Å². The topological polar surface area (TPSA) is 27.6 Å². The summed E-state index contributed by atoms with van der Waals surface area (Å²) in [7, 11) is 3.52. The Morgan fingerprint density at radius 1 is 1.38 bits per heavy atom. The normalized spacial score (nSPS) is 12.6. The molecule has 0 aliphatic heterocycles. The molecule has 0 aliphatic rings. The van der Waals surface area contributed by atoms with Crippen molar-refractivity contribution in [1.29, 1.82) is 0 Å². The lowest BCUT2D eigenvalue weighted by Gasteiger charge is -2.21. The van der Waals surface area contributed by atoms with Crippen LogP contribution >= 0.6 is 22.9 Å². The molecule has 21 heavy (non-hydrogen) atoms. The third-order valence-electron chi connectivity index (χ3n) is 2.77. The van der Waals surface area contributed by atoms with E-state index in [9.17, 15) is 13.2 Å². The summed E-state index contributed by atoms with van der Waals surface area (Å²) in [6.07, 6.45) is -4.23. The molecule has 0 saturated heterocycles. The van der Waals surface area contributed by atoms with Gasteiger partial charge in [0.15, 0.2) is 5.96 Å². The van der Waals surface area contributed by atoms with Gasteiger partial charge in [-0.25, -0.2) is 0 Å². The molecule has 0 atom stereocenters. The lowest BCUT2D eigenvalue weighted by atomic mass is 10.2. The quantitative estimate of drug-likeness (QED) is 0.478. The molecule has 1 aromatic rings. The average molecular weight is 342 g/mol. The third kappa shape index (κ3) is 7.57. The number of halogens is 4. The molecular formula is C13H19ClF3N3S. The van der Waals surface area contributed by atoms with Crippen LogP contribution in [0.3, 0.4) is 0 Å². The van der Waals surface area contributed by atoms with Crippen LogP contribution in [0.2, 0.25) is 4.34 Å². The van der Waals surface area contributed by atoms with Crippen molar-refractivity contribution in [3.8, 4) is 0 Å². The van der Waals surface area contributed by atoms with E-state index in [-0.39, 0.29) is 6.42 Å². The number of hydrogen-bond acceptors (Lipinski definition) is 2. The van der Waals surface area contributed by atoms with E-state index in [1.807, 2.05) is 24.1 Å². The largest absolute Gasteiger partial charge is 0.389 e. The van der Waals surface area contributed by atoms with Crippen LogP contribution in [-0.2, 0) is 6.54 Å². The van der Waals surface area contributed by atoms with E-state index < -0.39 is 12.6 Å². The average Bonchev–Trinajstić information content (AvgIpc) is 2.77. The minimum Gasteiger partial charge on any atom is -0.356 e. The summed E-state index contributed by atoms with van der Waals surface area (Å²) in [6, 6.07) is 3.78. The smallest absolute Gasteiger partial charge is 0.356 e. The monoisotopic (exact) mass is 341 g/mol. The Kier molecular flexibility index (Phi) is 7.31. The van der Waals surface area contributed by atoms with Crippen molar-refractivity contribution in [1.82, 2.24) is 10.2 Å². The molecule has 120 valence electrons. The van der Waals surface area contributed by atoms with Crippen LogP contribution in [0, 0.1) is 0 Å². The van der Waals surface area contributed by atoms with Crippen molar-refractivity contribution in [2.75, 3.05) is 20.6 Å². The lowest BCUT2D eigenvalue weighted by Crippen LogP contribution is -2.38. The molecule has 1 N–H and O–H groups in total. The summed E-state index contributed by atoms with van der Waals surface area (Å²) in [6.45, 7) is 1.12. The van der Waals surface area contributed by atoms with Crippen molar-refractivity contribution in [3.05, 3.63) is 21.3 Å². The number of hydrogen-bond donors (Lipinski definition) is 1. The molecule has 0 unspecified atom stereocenters. The molecular weight excluding hydrogens is 323 g/mol. The first-order valence-corrected chi connectivity index (χ1v) is 7.74. The van der Waals surface area contributed by atoms with Gasteiger partial charge < -0.3 is 10.2 Å². The number of guanidine groups is 1. The minimum atomic E-state index is -4.07. The highest BCUT2D eigenvalue weighted by molar-refractivity contribution is 7.16. The van der Waals surface area contributed by atoms with E-state index in [1.165, 1.54) is 11.3 Å². The van der Waals surface area contributed by atoms with Crippen molar-refractivity contribution in [2.24, 2.45) is 4.99 Å². The molecule has 0 aromatic carbocycles. The Morgan fingerprint density at radius 3 is 2.62 bits per heavy atom. The highest BCUT2D eigenvalue weighted by Gasteiger charge is 2.25.